The van der Waals surface area contributed by atoms with Gasteiger partial charge < -0.3 is 0 Å². The van der Waals surface area contributed by atoms with E-state index in [1.807, 2.05) is 0 Å². The average molecular weight is 222 g/mol. The molecule has 3 nitrogen and oxygen atoms in total. The third kappa shape index (κ3) is 1.71. The Labute approximate surface area is 90.3 Å². The van der Waals surface area contributed by atoms with Gasteiger partial charge in [-0.05, 0) is 24.6 Å². The SMILES string of the molecule is Cc1cnn(-c2c(F)cc(C=O)cc2F)c1. The third-order valence-corrected chi connectivity index (χ3v) is 2.12. The van der Waals surface area contributed by atoms with Crippen LogP contribution in [0, 0.1) is 18.6 Å². The van der Waals surface area contributed by atoms with Crippen molar-refractivity contribution in [3.63, 3.8) is 0 Å². The van der Waals surface area contributed by atoms with Gasteiger partial charge in [-0.3, -0.25) is 4.79 Å². The van der Waals surface area contributed by atoms with Crippen molar-refractivity contribution in [1.29, 1.82) is 0 Å². The molecule has 82 valence electrons. The monoisotopic (exact) mass is 222 g/mol. The lowest BCUT2D eigenvalue weighted by atomic mass is 10.2. The first-order chi connectivity index (χ1) is 7.61. The molecule has 0 bridgehead atoms. The highest BCUT2D eigenvalue weighted by molar-refractivity contribution is 5.75. The van der Waals surface area contributed by atoms with Gasteiger partial charge in [0.15, 0.2) is 11.6 Å². The Morgan fingerprint density at radius 2 is 1.94 bits per heavy atom. The van der Waals surface area contributed by atoms with E-state index < -0.39 is 11.6 Å². The van der Waals surface area contributed by atoms with Gasteiger partial charge in [0.25, 0.3) is 0 Å². The minimum atomic E-state index is -0.815. The number of nitrogens with zero attached hydrogens (tertiary/aromatic N) is 2. The maximum atomic E-state index is 13.5. The smallest absolute Gasteiger partial charge is 0.152 e. The Morgan fingerprint density at radius 3 is 2.38 bits per heavy atom. The molecular formula is C11H8F2N2O. The van der Waals surface area contributed by atoms with E-state index in [1.54, 1.807) is 6.92 Å². The van der Waals surface area contributed by atoms with E-state index in [4.69, 9.17) is 0 Å². The molecule has 0 saturated heterocycles. The normalized spacial score (nSPS) is 10.4. The number of benzene rings is 1. The maximum Gasteiger partial charge on any atom is 0.152 e. The van der Waals surface area contributed by atoms with E-state index in [1.165, 1.54) is 12.4 Å². The molecule has 16 heavy (non-hydrogen) atoms. The molecule has 0 saturated carbocycles. The minimum absolute atomic E-state index is 0.0392. The lowest BCUT2D eigenvalue weighted by Crippen LogP contribution is -2.03. The van der Waals surface area contributed by atoms with E-state index in [9.17, 15) is 13.6 Å². The van der Waals surface area contributed by atoms with Crippen molar-refractivity contribution < 1.29 is 13.6 Å². The van der Waals surface area contributed by atoms with Crippen molar-refractivity contribution >= 4 is 6.29 Å². The molecule has 1 aromatic heterocycles. The molecular weight excluding hydrogens is 214 g/mol. The summed E-state index contributed by atoms with van der Waals surface area (Å²) in [5.41, 5.74) is 0.472. The molecule has 2 aromatic rings. The lowest BCUT2D eigenvalue weighted by Gasteiger charge is -2.05. The molecule has 0 atom stereocenters. The second kappa shape index (κ2) is 3.84. The van der Waals surface area contributed by atoms with Gasteiger partial charge in [0.2, 0.25) is 0 Å². The van der Waals surface area contributed by atoms with Crippen LogP contribution in [0.3, 0.4) is 0 Å². The van der Waals surface area contributed by atoms with Gasteiger partial charge in [-0.1, -0.05) is 0 Å². The van der Waals surface area contributed by atoms with E-state index in [0.717, 1.165) is 22.4 Å². The van der Waals surface area contributed by atoms with Gasteiger partial charge in [0, 0.05) is 11.8 Å². The predicted octanol–water partition coefficient (Wildman–Crippen LogP) is 2.27. The Bertz CT molecular complexity index is 526. The number of aryl methyl sites for hydroxylation is 1. The van der Waals surface area contributed by atoms with Crippen LogP contribution in [0.15, 0.2) is 24.5 Å². The van der Waals surface area contributed by atoms with Crippen LogP contribution in [-0.2, 0) is 0 Å². The molecule has 1 aromatic carbocycles. The summed E-state index contributed by atoms with van der Waals surface area (Å²) in [6.45, 7) is 1.76. The van der Waals surface area contributed by atoms with E-state index in [0.29, 0.717) is 6.29 Å². The number of rotatable bonds is 2. The van der Waals surface area contributed by atoms with E-state index >= 15 is 0 Å². The Balaban J connectivity index is 2.61. The first kappa shape index (κ1) is 10.5. The van der Waals surface area contributed by atoms with Crippen LogP contribution < -0.4 is 0 Å². The number of carbonyl (C=O) groups excluding carboxylic acids is 1. The van der Waals surface area contributed by atoms with Crippen LogP contribution in [0.5, 0.6) is 0 Å². The minimum Gasteiger partial charge on any atom is -0.298 e. The summed E-state index contributed by atoms with van der Waals surface area (Å²) < 4.78 is 28.2. The second-order valence-electron chi connectivity index (χ2n) is 3.41. The molecule has 1 heterocycles. The van der Waals surface area contributed by atoms with Crippen molar-refractivity contribution in [2.24, 2.45) is 0 Å². The van der Waals surface area contributed by atoms with Crippen molar-refractivity contribution in [3.05, 3.63) is 47.3 Å². The van der Waals surface area contributed by atoms with Gasteiger partial charge in [0.05, 0.1) is 6.20 Å². The molecule has 0 unspecified atom stereocenters. The van der Waals surface area contributed by atoms with Crippen molar-refractivity contribution in [2.75, 3.05) is 0 Å². The summed E-state index contributed by atoms with van der Waals surface area (Å²) >= 11 is 0. The summed E-state index contributed by atoms with van der Waals surface area (Å²) in [6, 6.07) is 1.95. The number of hydrogen-bond acceptors (Lipinski definition) is 2. The average Bonchev–Trinajstić information content (AvgIpc) is 2.63. The fraction of sp³-hybridized carbons (Fsp3) is 0.0909. The van der Waals surface area contributed by atoms with E-state index in [-0.39, 0.29) is 11.3 Å². The molecule has 2 rings (SSSR count). The van der Waals surface area contributed by atoms with Crippen molar-refractivity contribution in [1.82, 2.24) is 9.78 Å². The highest BCUT2D eigenvalue weighted by Crippen LogP contribution is 2.18. The number of aldehydes is 1. The molecule has 0 spiro atoms. The highest BCUT2D eigenvalue weighted by Gasteiger charge is 2.13. The van der Waals surface area contributed by atoms with Gasteiger partial charge in [0.1, 0.15) is 12.0 Å². The molecule has 0 N–H and O–H groups in total. The van der Waals surface area contributed by atoms with Gasteiger partial charge in [-0.2, -0.15) is 5.10 Å². The predicted molar refractivity (Wildman–Crippen MR) is 53.6 cm³/mol. The highest BCUT2D eigenvalue weighted by atomic mass is 19.1. The zero-order valence-corrected chi connectivity index (χ0v) is 8.45. The number of hydrogen-bond donors (Lipinski definition) is 0. The summed E-state index contributed by atoms with van der Waals surface area (Å²) in [6.07, 6.45) is 3.39. The Morgan fingerprint density at radius 1 is 1.31 bits per heavy atom. The first-order valence-electron chi connectivity index (χ1n) is 4.57. The summed E-state index contributed by atoms with van der Waals surface area (Å²) in [4.78, 5) is 10.4. The molecule has 0 fully saturated rings. The van der Waals surface area contributed by atoms with E-state index in [2.05, 4.69) is 5.10 Å². The van der Waals surface area contributed by atoms with Gasteiger partial charge in [-0.25, -0.2) is 13.5 Å². The van der Waals surface area contributed by atoms with Crippen molar-refractivity contribution in [2.45, 2.75) is 6.92 Å². The molecule has 0 radical (unpaired) electrons. The molecule has 0 amide bonds. The Hall–Kier alpha value is -2.04. The molecule has 0 aliphatic rings. The largest absolute Gasteiger partial charge is 0.298 e. The fourth-order valence-corrected chi connectivity index (χ4v) is 1.41. The topological polar surface area (TPSA) is 34.9 Å². The standard InChI is InChI=1S/C11H8F2N2O/c1-7-4-14-15(5-7)11-9(12)2-8(6-16)3-10(11)13/h2-6H,1H3. The van der Waals surface area contributed by atoms with Crippen LogP contribution in [0.2, 0.25) is 0 Å². The van der Waals surface area contributed by atoms with Crippen LogP contribution in [0.25, 0.3) is 5.69 Å². The maximum absolute atomic E-state index is 13.5. The van der Waals surface area contributed by atoms with Crippen molar-refractivity contribution in [3.8, 4) is 5.69 Å². The summed E-state index contributed by atoms with van der Waals surface area (Å²) in [5, 5.41) is 3.81. The number of halogens is 2. The van der Waals surface area contributed by atoms with Crippen LogP contribution >= 0.6 is 0 Å². The lowest BCUT2D eigenvalue weighted by molar-refractivity contribution is 0.112. The molecule has 0 aliphatic carbocycles. The van der Waals surface area contributed by atoms with Crippen LogP contribution in [0.4, 0.5) is 8.78 Å². The number of carbonyl (C=O) groups is 1. The molecule has 5 heteroatoms. The molecule has 0 aliphatic heterocycles. The fourth-order valence-electron chi connectivity index (χ4n) is 1.41. The number of aromatic nitrogens is 2. The Kier molecular flexibility index (Phi) is 2.52. The zero-order valence-electron chi connectivity index (χ0n) is 8.45. The first-order valence-corrected chi connectivity index (χ1v) is 4.57. The third-order valence-electron chi connectivity index (χ3n) is 2.12. The van der Waals surface area contributed by atoms with Crippen LogP contribution in [0.1, 0.15) is 15.9 Å². The summed E-state index contributed by atoms with van der Waals surface area (Å²) in [5.74, 6) is -1.63. The second-order valence-corrected chi connectivity index (χ2v) is 3.41. The quantitative estimate of drug-likeness (QED) is 0.730. The van der Waals surface area contributed by atoms with Crippen LogP contribution in [-0.4, -0.2) is 16.1 Å². The summed E-state index contributed by atoms with van der Waals surface area (Å²) in [7, 11) is 0. The zero-order chi connectivity index (χ0) is 11.7. The van der Waals surface area contributed by atoms with Gasteiger partial charge in [-0.15, -0.1) is 0 Å². The van der Waals surface area contributed by atoms with Gasteiger partial charge >= 0.3 is 0 Å².